The minimum atomic E-state index is 0.826. The van der Waals surface area contributed by atoms with Crippen molar-refractivity contribution in [1.82, 2.24) is 5.32 Å². The molecule has 0 radical (unpaired) electrons. The molecule has 1 aromatic rings. The number of hydrogen-bond acceptors (Lipinski definition) is 2. The average molecular weight is 233 g/mol. The monoisotopic (exact) mass is 233 g/mol. The fraction of sp³-hybridized carbons (Fsp3) is 0.571. The highest BCUT2D eigenvalue weighted by Gasteiger charge is 2.33. The van der Waals surface area contributed by atoms with Gasteiger partial charge in [0.25, 0.3) is 0 Å². The summed E-state index contributed by atoms with van der Waals surface area (Å²) in [5, 5.41) is 4.59. The minimum Gasteiger partial charge on any atom is -0.311 e. The van der Waals surface area contributed by atoms with Crippen LogP contribution in [0, 0.1) is 0 Å². The van der Waals surface area contributed by atoms with E-state index in [1.54, 1.807) is 0 Å². The standard InChI is InChI=1S/C14H19NS/c1-2-4-11(5-3-1)10-16-14-8-12-6-7-13(9-14)15-12/h1-5,12-15H,6-10H2/t12-,13-/m1/s1. The lowest BCUT2D eigenvalue weighted by Gasteiger charge is -2.28. The summed E-state index contributed by atoms with van der Waals surface area (Å²) in [4.78, 5) is 0. The van der Waals surface area contributed by atoms with E-state index < -0.39 is 0 Å². The lowest BCUT2D eigenvalue weighted by molar-refractivity contribution is 0.415. The Kier molecular flexibility index (Phi) is 3.20. The van der Waals surface area contributed by atoms with Crippen LogP contribution in [0.1, 0.15) is 31.2 Å². The molecule has 3 rings (SSSR count). The van der Waals surface area contributed by atoms with Gasteiger partial charge in [-0.05, 0) is 31.2 Å². The molecule has 86 valence electrons. The van der Waals surface area contributed by atoms with E-state index in [4.69, 9.17) is 0 Å². The smallest absolute Gasteiger partial charge is 0.0187 e. The van der Waals surface area contributed by atoms with Gasteiger partial charge in [0.1, 0.15) is 0 Å². The van der Waals surface area contributed by atoms with Crippen LogP contribution in [0.4, 0.5) is 0 Å². The van der Waals surface area contributed by atoms with E-state index in [0.717, 1.165) is 17.3 Å². The van der Waals surface area contributed by atoms with Gasteiger partial charge < -0.3 is 5.32 Å². The Balaban J connectivity index is 1.52. The number of fused-ring (bicyclic) bond motifs is 2. The van der Waals surface area contributed by atoms with E-state index in [9.17, 15) is 0 Å². The molecular weight excluding hydrogens is 214 g/mol. The lowest BCUT2D eigenvalue weighted by atomic mass is 10.1. The summed E-state index contributed by atoms with van der Waals surface area (Å²) < 4.78 is 0. The fourth-order valence-corrected chi connectivity index (χ4v) is 4.29. The van der Waals surface area contributed by atoms with Gasteiger partial charge in [-0.15, -0.1) is 0 Å². The van der Waals surface area contributed by atoms with Crippen LogP contribution in [-0.4, -0.2) is 17.3 Å². The van der Waals surface area contributed by atoms with Gasteiger partial charge in [0.05, 0.1) is 0 Å². The van der Waals surface area contributed by atoms with Gasteiger partial charge in [0, 0.05) is 23.1 Å². The van der Waals surface area contributed by atoms with E-state index in [1.165, 1.54) is 37.0 Å². The Morgan fingerprint density at radius 2 is 1.75 bits per heavy atom. The molecule has 0 unspecified atom stereocenters. The molecule has 2 atom stereocenters. The van der Waals surface area contributed by atoms with E-state index in [1.807, 2.05) is 0 Å². The van der Waals surface area contributed by atoms with Gasteiger partial charge in [-0.25, -0.2) is 0 Å². The van der Waals surface area contributed by atoms with Crippen LogP contribution < -0.4 is 5.32 Å². The number of thioether (sulfide) groups is 1. The van der Waals surface area contributed by atoms with E-state index >= 15 is 0 Å². The molecule has 1 N–H and O–H groups in total. The Morgan fingerprint density at radius 1 is 1.06 bits per heavy atom. The molecule has 2 heterocycles. The van der Waals surface area contributed by atoms with Crippen molar-refractivity contribution in [2.45, 2.75) is 48.8 Å². The van der Waals surface area contributed by atoms with E-state index in [-0.39, 0.29) is 0 Å². The first-order valence-electron chi connectivity index (χ1n) is 6.32. The van der Waals surface area contributed by atoms with Gasteiger partial charge in [-0.1, -0.05) is 30.3 Å². The van der Waals surface area contributed by atoms with Crippen molar-refractivity contribution in [3.05, 3.63) is 35.9 Å². The third-order valence-electron chi connectivity index (χ3n) is 3.76. The second-order valence-corrected chi connectivity index (χ2v) is 6.32. The van der Waals surface area contributed by atoms with Crippen LogP contribution >= 0.6 is 11.8 Å². The largest absolute Gasteiger partial charge is 0.311 e. The molecule has 0 spiro atoms. The molecule has 2 fully saturated rings. The van der Waals surface area contributed by atoms with Crippen LogP contribution in [-0.2, 0) is 5.75 Å². The second-order valence-electron chi connectivity index (χ2n) is 5.03. The highest BCUT2D eigenvalue weighted by Crippen LogP contribution is 2.34. The Hall–Kier alpha value is -0.470. The Labute approximate surface area is 102 Å². The zero-order chi connectivity index (χ0) is 10.8. The lowest BCUT2D eigenvalue weighted by Crippen LogP contribution is -2.39. The normalized spacial score (nSPS) is 32.9. The number of benzene rings is 1. The Morgan fingerprint density at radius 3 is 2.44 bits per heavy atom. The SMILES string of the molecule is c1ccc(CSC2C[C@H]3CC[C@H](C2)N3)cc1. The molecule has 1 nitrogen and oxygen atoms in total. The van der Waals surface area contributed by atoms with Crippen molar-refractivity contribution in [2.75, 3.05) is 0 Å². The molecule has 2 aliphatic heterocycles. The van der Waals surface area contributed by atoms with Crippen molar-refractivity contribution < 1.29 is 0 Å². The van der Waals surface area contributed by atoms with Crippen molar-refractivity contribution >= 4 is 11.8 Å². The molecule has 2 saturated heterocycles. The first kappa shape index (κ1) is 10.7. The average Bonchev–Trinajstić information content (AvgIpc) is 2.67. The summed E-state index contributed by atoms with van der Waals surface area (Å²) in [7, 11) is 0. The molecule has 16 heavy (non-hydrogen) atoms. The highest BCUT2D eigenvalue weighted by molar-refractivity contribution is 7.99. The van der Waals surface area contributed by atoms with Crippen LogP contribution in [0.5, 0.6) is 0 Å². The molecule has 0 aromatic heterocycles. The first-order chi connectivity index (χ1) is 7.90. The number of piperidine rings is 1. The van der Waals surface area contributed by atoms with Gasteiger partial charge >= 0.3 is 0 Å². The maximum atomic E-state index is 3.71. The summed E-state index contributed by atoms with van der Waals surface area (Å²) >= 11 is 2.16. The molecule has 0 amide bonds. The molecule has 0 saturated carbocycles. The molecular formula is C14H19NS. The van der Waals surface area contributed by atoms with Crippen LogP contribution in [0.3, 0.4) is 0 Å². The fourth-order valence-electron chi connectivity index (χ4n) is 2.93. The molecule has 2 bridgehead atoms. The van der Waals surface area contributed by atoms with Gasteiger partial charge in [-0.3, -0.25) is 0 Å². The molecule has 1 aromatic carbocycles. The second kappa shape index (κ2) is 4.80. The summed E-state index contributed by atoms with van der Waals surface area (Å²) in [6.07, 6.45) is 5.59. The highest BCUT2D eigenvalue weighted by atomic mass is 32.2. The summed E-state index contributed by atoms with van der Waals surface area (Å²) in [6, 6.07) is 12.5. The first-order valence-corrected chi connectivity index (χ1v) is 7.36. The summed E-state index contributed by atoms with van der Waals surface area (Å²) in [6.45, 7) is 0. The maximum absolute atomic E-state index is 3.71. The zero-order valence-electron chi connectivity index (χ0n) is 9.56. The molecule has 0 aliphatic carbocycles. The predicted octanol–water partition coefficient (Wildman–Crippen LogP) is 3.20. The molecule has 2 aliphatic rings. The van der Waals surface area contributed by atoms with Crippen LogP contribution in [0.25, 0.3) is 0 Å². The van der Waals surface area contributed by atoms with Crippen molar-refractivity contribution in [3.63, 3.8) is 0 Å². The van der Waals surface area contributed by atoms with Crippen LogP contribution in [0.15, 0.2) is 30.3 Å². The van der Waals surface area contributed by atoms with Gasteiger partial charge in [0.2, 0.25) is 0 Å². The van der Waals surface area contributed by atoms with Gasteiger partial charge in [0.15, 0.2) is 0 Å². The zero-order valence-corrected chi connectivity index (χ0v) is 10.4. The van der Waals surface area contributed by atoms with E-state index in [2.05, 4.69) is 47.4 Å². The summed E-state index contributed by atoms with van der Waals surface area (Å²) in [5.41, 5.74) is 1.47. The number of hydrogen-bond donors (Lipinski definition) is 1. The van der Waals surface area contributed by atoms with Crippen molar-refractivity contribution in [1.29, 1.82) is 0 Å². The topological polar surface area (TPSA) is 12.0 Å². The third-order valence-corrected chi connectivity index (χ3v) is 5.11. The number of nitrogens with one attached hydrogen (secondary N) is 1. The van der Waals surface area contributed by atoms with Crippen molar-refractivity contribution in [2.24, 2.45) is 0 Å². The predicted molar refractivity (Wildman–Crippen MR) is 70.7 cm³/mol. The number of rotatable bonds is 3. The van der Waals surface area contributed by atoms with Crippen LogP contribution in [0.2, 0.25) is 0 Å². The molecule has 2 heteroatoms. The van der Waals surface area contributed by atoms with Gasteiger partial charge in [-0.2, -0.15) is 11.8 Å². The quantitative estimate of drug-likeness (QED) is 0.860. The summed E-state index contributed by atoms with van der Waals surface area (Å²) in [5.74, 6) is 1.19. The third kappa shape index (κ3) is 2.44. The maximum Gasteiger partial charge on any atom is 0.0187 e. The minimum absolute atomic E-state index is 0.826. The van der Waals surface area contributed by atoms with Crippen molar-refractivity contribution in [3.8, 4) is 0 Å². The van der Waals surface area contributed by atoms with E-state index in [0.29, 0.717) is 0 Å². The Bertz CT molecular complexity index is 326.